The Morgan fingerprint density at radius 3 is 2.80 bits per heavy atom. The lowest BCUT2D eigenvalue weighted by Gasteiger charge is -2.19. The fraction of sp³-hybridized carbons (Fsp3) is 0.364. The summed E-state index contributed by atoms with van der Waals surface area (Å²) in [5.41, 5.74) is 6.76. The largest absolute Gasteiger partial charge is 0.337 e. The number of likely N-dealkylation sites (tertiary alicyclic amines) is 1. The molecule has 1 fully saturated rings. The summed E-state index contributed by atoms with van der Waals surface area (Å²) in [5, 5.41) is 0.689. The molecule has 0 spiro atoms. The van der Waals surface area contributed by atoms with Gasteiger partial charge in [-0.05, 0) is 24.1 Å². The molecule has 4 heteroatoms. The Morgan fingerprint density at radius 1 is 1.53 bits per heavy atom. The fourth-order valence-electron chi connectivity index (χ4n) is 1.99. The lowest BCUT2D eigenvalue weighted by molar-refractivity contribution is -0.128. The fourth-order valence-corrected chi connectivity index (χ4v) is 2.19. The first-order chi connectivity index (χ1) is 7.09. The highest BCUT2D eigenvalue weighted by Gasteiger charge is 2.35. The Bertz CT molecular complexity index is 394. The molecule has 0 radical (unpaired) electrons. The number of nitrogens with two attached hydrogens (primary N) is 1. The van der Waals surface area contributed by atoms with Gasteiger partial charge in [-0.3, -0.25) is 4.79 Å². The van der Waals surface area contributed by atoms with Gasteiger partial charge in [0, 0.05) is 12.1 Å². The van der Waals surface area contributed by atoms with Crippen LogP contribution in [0.1, 0.15) is 18.0 Å². The van der Waals surface area contributed by atoms with Crippen LogP contribution in [0.25, 0.3) is 0 Å². The molecule has 80 valence electrons. The van der Waals surface area contributed by atoms with Crippen LogP contribution in [0.3, 0.4) is 0 Å². The number of hydrogen-bond acceptors (Lipinski definition) is 2. The molecular weight excluding hydrogens is 212 g/mol. The van der Waals surface area contributed by atoms with E-state index in [2.05, 4.69) is 0 Å². The molecule has 2 atom stereocenters. The molecule has 2 rings (SSSR count). The second-order valence-corrected chi connectivity index (χ2v) is 4.30. The number of carbonyl (C=O) groups is 1. The van der Waals surface area contributed by atoms with E-state index in [1.54, 1.807) is 11.9 Å². The zero-order chi connectivity index (χ0) is 11.0. The van der Waals surface area contributed by atoms with E-state index in [4.69, 9.17) is 17.3 Å². The minimum atomic E-state index is -0.376. The van der Waals surface area contributed by atoms with Crippen molar-refractivity contribution < 1.29 is 4.79 Å². The van der Waals surface area contributed by atoms with Crippen LogP contribution >= 0.6 is 11.6 Å². The second-order valence-electron chi connectivity index (χ2n) is 3.86. The number of carbonyl (C=O) groups excluding carboxylic acids is 1. The van der Waals surface area contributed by atoms with Gasteiger partial charge in [0.1, 0.15) is 0 Å². The molecule has 0 unspecified atom stereocenters. The van der Waals surface area contributed by atoms with Gasteiger partial charge in [-0.15, -0.1) is 0 Å². The van der Waals surface area contributed by atoms with Crippen LogP contribution in [-0.4, -0.2) is 23.9 Å². The molecule has 0 aliphatic carbocycles. The van der Waals surface area contributed by atoms with Gasteiger partial charge in [-0.2, -0.15) is 0 Å². The molecule has 0 aromatic heterocycles. The summed E-state index contributed by atoms with van der Waals surface area (Å²) < 4.78 is 0. The third-order valence-electron chi connectivity index (χ3n) is 2.84. The Morgan fingerprint density at radius 2 is 2.27 bits per heavy atom. The summed E-state index contributed by atoms with van der Waals surface area (Å²) in [4.78, 5) is 13.2. The molecule has 1 heterocycles. The smallest absolute Gasteiger partial charge is 0.239 e. The van der Waals surface area contributed by atoms with Crippen LogP contribution in [0.4, 0.5) is 0 Å². The van der Waals surface area contributed by atoms with E-state index in [1.165, 1.54) is 0 Å². The summed E-state index contributed by atoms with van der Waals surface area (Å²) in [7, 11) is 1.78. The van der Waals surface area contributed by atoms with Crippen molar-refractivity contribution in [3.05, 3.63) is 34.9 Å². The van der Waals surface area contributed by atoms with Crippen molar-refractivity contribution in [2.24, 2.45) is 5.73 Å². The van der Waals surface area contributed by atoms with Crippen molar-refractivity contribution in [1.82, 2.24) is 4.90 Å². The van der Waals surface area contributed by atoms with Crippen molar-refractivity contribution in [3.63, 3.8) is 0 Å². The molecule has 1 aliphatic heterocycles. The Labute approximate surface area is 93.8 Å². The van der Waals surface area contributed by atoms with Crippen LogP contribution in [0.2, 0.25) is 5.02 Å². The molecule has 0 saturated carbocycles. The Kier molecular flexibility index (Phi) is 2.67. The van der Waals surface area contributed by atoms with Gasteiger partial charge in [0.25, 0.3) is 0 Å². The highest BCUT2D eigenvalue weighted by Crippen LogP contribution is 2.31. The molecule has 1 aromatic rings. The van der Waals surface area contributed by atoms with E-state index in [9.17, 15) is 4.79 Å². The SMILES string of the molecule is CN1C(=O)[C@@H](N)C[C@@H]1c1cccc(Cl)c1. The maximum absolute atomic E-state index is 11.5. The molecule has 2 N–H and O–H groups in total. The topological polar surface area (TPSA) is 46.3 Å². The molecule has 1 saturated heterocycles. The zero-order valence-corrected chi connectivity index (χ0v) is 9.24. The van der Waals surface area contributed by atoms with Gasteiger partial charge in [-0.25, -0.2) is 0 Å². The van der Waals surface area contributed by atoms with E-state index in [-0.39, 0.29) is 18.0 Å². The van der Waals surface area contributed by atoms with Crippen molar-refractivity contribution in [3.8, 4) is 0 Å². The highest BCUT2D eigenvalue weighted by molar-refractivity contribution is 6.30. The first-order valence-corrected chi connectivity index (χ1v) is 5.25. The molecule has 15 heavy (non-hydrogen) atoms. The van der Waals surface area contributed by atoms with E-state index >= 15 is 0 Å². The summed E-state index contributed by atoms with van der Waals surface area (Å²) in [6.07, 6.45) is 0.662. The molecule has 1 amide bonds. The van der Waals surface area contributed by atoms with E-state index in [0.717, 1.165) is 5.56 Å². The maximum atomic E-state index is 11.5. The monoisotopic (exact) mass is 224 g/mol. The number of benzene rings is 1. The Balaban J connectivity index is 2.29. The summed E-state index contributed by atoms with van der Waals surface area (Å²) in [6, 6.07) is 7.25. The van der Waals surface area contributed by atoms with Gasteiger partial charge in [-0.1, -0.05) is 23.7 Å². The first kappa shape index (κ1) is 10.5. The third kappa shape index (κ3) is 1.85. The normalized spacial score (nSPS) is 26.1. The van der Waals surface area contributed by atoms with Crippen molar-refractivity contribution >= 4 is 17.5 Å². The van der Waals surface area contributed by atoms with Gasteiger partial charge < -0.3 is 10.6 Å². The quantitative estimate of drug-likeness (QED) is 0.787. The molecule has 1 aliphatic rings. The summed E-state index contributed by atoms with van der Waals surface area (Å²) in [6.45, 7) is 0. The van der Waals surface area contributed by atoms with Gasteiger partial charge in [0.15, 0.2) is 0 Å². The number of halogens is 1. The standard InChI is InChI=1S/C11H13ClN2O/c1-14-10(6-9(13)11(14)15)7-3-2-4-8(12)5-7/h2-5,9-10H,6,13H2,1H3/t9-,10+/m0/s1. The molecule has 3 nitrogen and oxygen atoms in total. The maximum Gasteiger partial charge on any atom is 0.239 e. The van der Waals surface area contributed by atoms with Crippen LogP contribution in [0, 0.1) is 0 Å². The van der Waals surface area contributed by atoms with Crippen LogP contribution < -0.4 is 5.73 Å². The average molecular weight is 225 g/mol. The molecule has 1 aromatic carbocycles. The number of amides is 1. The zero-order valence-electron chi connectivity index (χ0n) is 8.48. The summed E-state index contributed by atoms with van der Waals surface area (Å²) >= 11 is 5.91. The minimum absolute atomic E-state index is 0.0000227. The highest BCUT2D eigenvalue weighted by atomic mass is 35.5. The Hall–Kier alpha value is -1.06. The lowest BCUT2D eigenvalue weighted by Crippen LogP contribution is -2.31. The minimum Gasteiger partial charge on any atom is -0.337 e. The predicted molar refractivity (Wildman–Crippen MR) is 59.6 cm³/mol. The van der Waals surface area contributed by atoms with Crippen LogP contribution in [-0.2, 0) is 4.79 Å². The van der Waals surface area contributed by atoms with Crippen molar-refractivity contribution in [1.29, 1.82) is 0 Å². The van der Waals surface area contributed by atoms with Crippen LogP contribution in [0.15, 0.2) is 24.3 Å². The molecular formula is C11H13ClN2O. The van der Waals surface area contributed by atoms with Crippen molar-refractivity contribution in [2.75, 3.05) is 7.05 Å². The predicted octanol–water partition coefficient (Wildman–Crippen LogP) is 1.57. The first-order valence-electron chi connectivity index (χ1n) is 4.87. The van der Waals surface area contributed by atoms with Gasteiger partial charge in [0.05, 0.1) is 12.1 Å². The number of likely N-dealkylation sites (N-methyl/N-ethyl adjacent to an activating group) is 1. The molecule has 0 bridgehead atoms. The lowest BCUT2D eigenvalue weighted by atomic mass is 10.0. The third-order valence-corrected chi connectivity index (χ3v) is 3.08. The number of nitrogens with zero attached hydrogens (tertiary/aromatic N) is 1. The van der Waals surface area contributed by atoms with E-state index in [0.29, 0.717) is 11.4 Å². The number of hydrogen-bond donors (Lipinski definition) is 1. The van der Waals surface area contributed by atoms with Crippen molar-refractivity contribution in [2.45, 2.75) is 18.5 Å². The van der Waals surface area contributed by atoms with Gasteiger partial charge >= 0.3 is 0 Å². The van der Waals surface area contributed by atoms with Crippen LogP contribution in [0.5, 0.6) is 0 Å². The second kappa shape index (κ2) is 3.83. The van der Waals surface area contributed by atoms with Gasteiger partial charge in [0.2, 0.25) is 5.91 Å². The van der Waals surface area contributed by atoms with E-state index < -0.39 is 0 Å². The summed E-state index contributed by atoms with van der Waals surface area (Å²) in [5.74, 6) is -0.0000227. The van der Waals surface area contributed by atoms with E-state index in [1.807, 2.05) is 24.3 Å². The average Bonchev–Trinajstić information content (AvgIpc) is 2.46. The number of rotatable bonds is 1.